The zero-order valence-corrected chi connectivity index (χ0v) is 14.0. The van der Waals surface area contributed by atoms with E-state index in [1.165, 1.54) is 37.0 Å². The van der Waals surface area contributed by atoms with E-state index in [9.17, 15) is 8.42 Å². The molecule has 0 aromatic carbocycles. The van der Waals surface area contributed by atoms with E-state index in [1.807, 2.05) is 5.38 Å². The van der Waals surface area contributed by atoms with Gasteiger partial charge in [0.1, 0.15) is 4.21 Å². The molecule has 1 aromatic rings. The lowest BCUT2D eigenvalue weighted by Crippen LogP contribution is -2.42. The summed E-state index contributed by atoms with van der Waals surface area (Å²) in [5.41, 5.74) is 0.457. The van der Waals surface area contributed by atoms with Gasteiger partial charge in [-0.05, 0) is 58.5 Å². The molecule has 1 aliphatic heterocycles. The third-order valence-electron chi connectivity index (χ3n) is 4.61. The molecule has 19 heavy (non-hydrogen) atoms. The number of sulfonamides is 1. The van der Waals surface area contributed by atoms with Gasteiger partial charge in [0, 0.05) is 17.6 Å². The molecule has 1 saturated heterocycles. The van der Waals surface area contributed by atoms with Crippen LogP contribution in [0.2, 0.25) is 0 Å². The van der Waals surface area contributed by atoms with Crippen LogP contribution >= 0.6 is 27.3 Å². The molecule has 1 spiro atoms. The lowest BCUT2D eigenvalue weighted by atomic mass is 9.78. The summed E-state index contributed by atoms with van der Waals surface area (Å²) in [5, 5.41) is 1.82. The fourth-order valence-corrected chi connectivity index (χ4v) is 7.30. The standard InChI is InChI=1S/C13H18BrNO2S2/c14-11-3-10-18-12(11)19(16,17)15-8-6-13(7-9-15)4-1-2-5-13/h3,10H,1-2,4-9H2. The molecule has 0 N–H and O–H groups in total. The van der Waals surface area contributed by atoms with Crippen LogP contribution in [-0.2, 0) is 10.0 Å². The van der Waals surface area contributed by atoms with Gasteiger partial charge in [0.25, 0.3) is 10.0 Å². The molecule has 3 nitrogen and oxygen atoms in total. The van der Waals surface area contributed by atoms with Crippen molar-refractivity contribution in [2.24, 2.45) is 5.41 Å². The minimum Gasteiger partial charge on any atom is -0.206 e. The molecule has 2 fully saturated rings. The predicted molar refractivity (Wildman–Crippen MR) is 80.9 cm³/mol. The van der Waals surface area contributed by atoms with Crippen molar-refractivity contribution >= 4 is 37.3 Å². The van der Waals surface area contributed by atoms with Crippen molar-refractivity contribution in [2.75, 3.05) is 13.1 Å². The molecule has 1 aliphatic carbocycles. The summed E-state index contributed by atoms with van der Waals surface area (Å²) in [6.45, 7) is 1.37. The van der Waals surface area contributed by atoms with E-state index in [0.717, 1.165) is 12.8 Å². The first-order valence-electron chi connectivity index (χ1n) is 6.77. The first-order valence-corrected chi connectivity index (χ1v) is 9.88. The van der Waals surface area contributed by atoms with Gasteiger partial charge in [-0.15, -0.1) is 11.3 Å². The van der Waals surface area contributed by atoms with E-state index in [-0.39, 0.29) is 0 Å². The Bertz CT molecular complexity index is 551. The number of halogens is 1. The topological polar surface area (TPSA) is 37.4 Å². The van der Waals surface area contributed by atoms with E-state index in [4.69, 9.17) is 0 Å². The lowest BCUT2D eigenvalue weighted by molar-refractivity contribution is 0.160. The van der Waals surface area contributed by atoms with Crippen LogP contribution in [0.5, 0.6) is 0 Å². The van der Waals surface area contributed by atoms with Gasteiger partial charge in [-0.1, -0.05) is 12.8 Å². The number of piperidine rings is 1. The smallest absolute Gasteiger partial charge is 0.206 e. The van der Waals surface area contributed by atoms with Gasteiger partial charge < -0.3 is 0 Å². The van der Waals surface area contributed by atoms with Crippen LogP contribution in [0, 0.1) is 5.41 Å². The second-order valence-electron chi connectivity index (χ2n) is 5.67. The van der Waals surface area contributed by atoms with Gasteiger partial charge in [0.15, 0.2) is 0 Å². The maximum Gasteiger partial charge on any atom is 0.253 e. The molecule has 106 valence electrons. The molecule has 3 rings (SSSR count). The quantitative estimate of drug-likeness (QED) is 0.799. The van der Waals surface area contributed by atoms with Crippen molar-refractivity contribution in [3.8, 4) is 0 Å². The maximum absolute atomic E-state index is 12.6. The van der Waals surface area contributed by atoms with Crippen molar-refractivity contribution in [3.05, 3.63) is 15.9 Å². The first-order chi connectivity index (χ1) is 9.04. The minimum absolute atomic E-state index is 0.454. The highest BCUT2D eigenvalue weighted by molar-refractivity contribution is 9.10. The average molecular weight is 364 g/mol. The molecule has 0 amide bonds. The summed E-state index contributed by atoms with van der Waals surface area (Å²) in [6.07, 6.45) is 7.31. The van der Waals surface area contributed by atoms with Crippen LogP contribution in [0.4, 0.5) is 0 Å². The van der Waals surface area contributed by atoms with Crippen molar-refractivity contribution in [1.82, 2.24) is 4.31 Å². The van der Waals surface area contributed by atoms with Gasteiger partial charge in [-0.25, -0.2) is 8.42 Å². The second-order valence-corrected chi connectivity index (χ2v) is 9.57. The zero-order valence-electron chi connectivity index (χ0n) is 10.8. The van der Waals surface area contributed by atoms with Crippen LogP contribution in [0.1, 0.15) is 38.5 Å². The fourth-order valence-electron chi connectivity index (χ4n) is 3.41. The van der Waals surface area contributed by atoms with E-state index >= 15 is 0 Å². The van der Waals surface area contributed by atoms with Crippen LogP contribution < -0.4 is 0 Å². The molecule has 2 heterocycles. The Morgan fingerprint density at radius 3 is 2.32 bits per heavy atom. The molecular weight excluding hydrogens is 346 g/mol. The normalized spacial score (nSPS) is 24.1. The molecule has 0 atom stereocenters. The van der Waals surface area contributed by atoms with E-state index in [0.29, 0.717) is 27.2 Å². The average Bonchev–Trinajstić information content (AvgIpc) is 3.00. The van der Waals surface area contributed by atoms with Gasteiger partial charge in [-0.2, -0.15) is 4.31 Å². The summed E-state index contributed by atoms with van der Waals surface area (Å²) in [7, 11) is -3.29. The molecule has 2 aliphatic rings. The van der Waals surface area contributed by atoms with E-state index in [2.05, 4.69) is 15.9 Å². The summed E-state index contributed by atoms with van der Waals surface area (Å²) < 4.78 is 28.0. The Labute approximate surface area is 127 Å². The SMILES string of the molecule is O=S(=O)(c1sccc1Br)N1CCC2(CCCC2)CC1. The molecule has 0 unspecified atom stereocenters. The number of nitrogens with zero attached hydrogens (tertiary/aromatic N) is 1. The molecule has 1 saturated carbocycles. The van der Waals surface area contributed by atoms with Crippen molar-refractivity contribution < 1.29 is 8.42 Å². The Hall–Kier alpha value is 0.0900. The van der Waals surface area contributed by atoms with Gasteiger partial charge in [0.05, 0.1) is 0 Å². The van der Waals surface area contributed by atoms with Gasteiger partial charge >= 0.3 is 0 Å². The minimum atomic E-state index is -3.29. The number of rotatable bonds is 2. The molecule has 0 bridgehead atoms. The van der Waals surface area contributed by atoms with Crippen molar-refractivity contribution in [1.29, 1.82) is 0 Å². The highest BCUT2D eigenvalue weighted by atomic mass is 79.9. The number of hydrogen-bond donors (Lipinski definition) is 0. The Morgan fingerprint density at radius 1 is 1.16 bits per heavy atom. The van der Waals surface area contributed by atoms with Crippen molar-refractivity contribution in [2.45, 2.75) is 42.7 Å². The van der Waals surface area contributed by atoms with Crippen LogP contribution in [-0.4, -0.2) is 25.8 Å². The monoisotopic (exact) mass is 363 g/mol. The Morgan fingerprint density at radius 2 is 1.79 bits per heavy atom. The fraction of sp³-hybridized carbons (Fsp3) is 0.692. The number of hydrogen-bond acceptors (Lipinski definition) is 3. The highest BCUT2D eigenvalue weighted by Gasteiger charge is 2.40. The summed E-state index contributed by atoms with van der Waals surface area (Å²) in [5.74, 6) is 0. The summed E-state index contributed by atoms with van der Waals surface area (Å²) >= 11 is 4.63. The highest BCUT2D eigenvalue weighted by Crippen LogP contribution is 2.47. The molecule has 6 heteroatoms. The van der Waals surface area contributed by atoms with Crippen molar-refractivity contribution in [3.63, 3.8) is 0 Å². The first kappa shape index (κ1) is 14.0. The third-order valence-corrected chi connectivity index (χ3v) is 9.15. The maximum atomic E-state index is 12.6. The largest absolute Gasteiger partial charge is 0.253 e. The van der Waals surface area contributed by atoms with E-state index < -0.39 is 10.0 Å². The van der Waals surface area contributed by atoms with Crippen LogP contribution in [0.15, 0.2) is 20.1 Å². The van der Waals surface area contributed by atoms with Crippen LogP contribution in [0.3, 0.4) is 0 Å². The van der Waals surface area contributed by atoms with E-state index in [1.54, 1.807) is 10.4 Å². The summed E-state index contributed by atoms with van der Waals surface area (Å²) in [4.78, 5) is 0. The molecule has 0 radical (unpaired) electrons. The molecular formula is C13H18BrNO2S2. The third kappa shape index (κ3) is 2.52. The van der Waals surface area contributed by atoms with Crippen LogP contribution in [0.25, 0.3) is 0 Å². The summed E-state index contributed by atoms with van der Waals surface area (Å²) in [6, 6.07) is 1.81. The second kappa shape index (κ2) is 5.13. The zero-order chi connectivity index (χ0) is 13.5. The Kier molecular flexibility index (Phi) is 3.79. The molecule has 1 aromatic heterocycles. The van der Waals surface area contributed by atoms with Gasteiger partial charge in [-0.3, -0.25) is 0 Å². The lowest BCUT2D eigenvalue weighted by Gasteiger charge is -2.38. The predicted octanol–water partition coefficient (Wildman–Crippen LogP) is 3.86. The Balaban J connectivity index is 1.76. The number of thiophene rings is 1. The van der Waals surface area contributed by atoms with Gasteiger partial charge in [0.2, 0.25) is 0 Å².